The number of hydrogen-bond acceptors (Lipinski definition) is 5. The predicted octanol–water partition coefficient (Wildman–Crippen LogP) is 3.00. The Morgan fingerprint density at radius 1 is 1.44 bits per heavy atom. The molecule has 0 aromatic carbocycles. The third-order valence-electron chi connectivity index (χ3n) is 2.30. The van der Waals surface area contributed by atoms with Crippen LogP contribution < -0.4 is 5.32 Å². The van der Waals surface area contributed by atoms with Crippen LogP contribution in [0.1, 0.15) is 29.7 Å². The summed E-state index contributed by atoms with van der Waals surface area (Å²) >= 11 is 1.73. The van der Waals surface area contributed by atoms with E-state index < -0.39 is 0 Å². The first-order valence-corrected chi connectivity index (χ1v) is 6.26. The van der Waals surface area contributed by atoms with Gasteiger partial charge in [0.15, 0.2) is 0 Å². The fraction of sp³-hybridized carbons (Fsp3) is 0.455. The van der Waals surface area contributed by atoms with Crippen molar-refractivity contribution in [3.8, 4) is 0 Å². The van der Waals surface area contributed by atoms with E-state index in [1.807, 2.05) is 0 Å². The molecule has 2 aromatic rings. The number of rotatable bonds is 5. The highest BCUT2D eigenvalue weighted by Crippen LogP contribution is 2.17. The van der Waals surface area contributed by atoms with Crippen molar-refractivity contribution in [1.82, 2.24) is 10.2 Å². The van der Waals surface area contributed by atoms with Crippen LogP contribution in [-0.2, 0) is 13.0 Å². The first kappa shape index (κ1) is 11.1. The Hall–Kier alpha value is -1.36. The SMILES string of the molecule is CCCc1nnc(NCc2sccc2C)o1. The van der Waals surface area contributed by atoms with Gasteiger partial charge in [-0.1, -0.05) is 12.0 Å². The first-order chi connectivity index (χ1) is 7.79. The lowest BCUT2D eigenvalue weighted by atomic mass is 10.3. The topological polar surface area (TPSA) is 51.0 Å². The molecule has 0 amide bonds. The number of hydrogen-bond donors (Lipinski definition) is 1. The third kappa shape index (κ3) is 2.61. The van der Waals surface area contributed by atoms with Crippen molar-refractivity contribution >= 4 is 17.4 Å². The smallest absolute Gasteiger partial charge is 0.315 e. The van der Waals surface area contributed by atoms with Gasteiger partial charge in [-0.3, -0.25) is 0 Å². The Bertz CT molecular complexity index is 450. The lowest BCUT2D eigenvalue weighted by molar-refractivity contribution is 0.501. The van der Waals surface area contributed by atoms with Gasteiger partial charge in [0, 0.05) is 11.3 Å². The molecule has 0 saturated heterocycles. The molecule has 2 aromatic heterocycles. The van der Waals surface area contributed by atoms with Gasteiger partial charge in [-0.2, -0.15) is 0 Å². The van der Waals surface area contributed by atoms with Gasteiger partial charge in [0.2, 0.25) is 5.89 Å². The maximum atomic E-state index is 5.43. The van der Waals surface area contributed by atoms with E-state index in [0.29, 0.717) is 11.9 Å². The minimum Gasteiger partial charge on any atom is -0.408 e. The van der Waals surface area contributed by atoms with Crippen LogP contribution >= 0.6 is 11.3 Å². The van der Waals surface area contributed by atoms with Gasteiger partial charge in [-0.15, -0.1) is 16.4 Å². The molecule has 0 radical (unpaired) electrons. The van der Waals surface area contributed by atoms with E-state index in [0.717, 1.165) is 19.4 Å². The molecule has 0 aliphatic heterocycles. The van der Waals surface area contributed by atoms with Crippen LogP contribution in [-0.4, -0.2) is 10.2 Å². The van der Waals surface area contributed by atoms with E-state index in [-0.39, 0.29) is 0 Å². The molecule has 5 heteroatoms. The fourth-order valence-corrected chi connectivity index (χ4v) is 2.23. The van der Waals surface area contributed by atoms with Gasteiger partial charge in [-0.05, 0) is 30.4 Å². The van der Waals surface area contributed by atoms with Crippen molar-refractivity contribution in [1.29, 1.82) is 0 Å². The summed E-state index contributed by atoms with van der Waals surface area (Å²) in [6.07, 6.45) is 1.86. The van der Waals surface area contributed by atoms with Crippen molar-refractivity contribution in [3.05, 3.63) is 27.8 Å². The van der Waals surface area contributed by atoms with E-state index in [1.54, 1.807) is 11.3 Å². The second-order valence-corrected chi connectivity index (χ2v) is 4.63. The monoisotopic (exact) mass is 237 g/mol. The van der Waals surface area contributed by atoms with Crippen LogP contribution in [0.15, 0.2) is 15.9 Å². The van der Waals surface area contributed by atoms with Gasteiger partial charge in [0.25, 0.3) is 0 Å². The minimum absolute atomic E-state index is 0.510. The molecule has 0 unspecified atom stereocenters. The van der Waals surface area contributed by atoms with Crippen LogP contribution in [0.2, 0.25) is 0 Å². The standard InChI is InChI=1S/C11H15N3OS/c1-3-4-10-13-14-11(15-10)12-7-9-8(2)5-6-16-9/h5-6H,3-4,7H2,1-2H3,(H,12,14). The summed E-state index contributed by atoms with van der Waals surface area (Å²) in [7, 11) is 0. The number of anilines is 1. The highest BCUT2D eigenvalue weighted by Gasteiger charge is 2.05. The Balaban J connectivity index is 1.92. The Morgan fingerprint density at radius 2 is 2.31 bits per heavy atom. The molecule has 0 atom stereocenters. The van der Waals surface area contributed by atoms with Gasteiger partial charge in [-0.25, -0.2) is 0 Å². The Labute approximate surface area is 98.7 Å². The lowest BCUT2D eigenvalue weighted by Gasteiger charge is -1.99. The van der Waals surface area contributed by atoms with Gasteiger partial charge in [0.1, 0.15) is 0 Å². The zero-order valence-electron chi connectivity index (χ0n) is 9.49. The summed E-state index contributed by atoms with van der Waals surface area (Å²) in [6, 6.07) is 2.62. The second-order valence-electron chi connectivity index (χ2n) is 3.63. The van der Waals surface area contributed by atoms with E-state index in [1.165, 1.54) is 10.4 Å². The van der Waals surface area contributed by atoms with E-state index in [9.17, 15) is 0 Å². The third-order valence-corrected chi connectivity index (χ3v) is 3.32. The Morgan fingerprint density at radius 3 is 3.00 bits per heavy atom. The molecule has 0 saturated carbocycles. The predicted molar refractivity (Wildman–Crippen MR) is 64.7 cm³/mol. The van der Waals surface area contributed by atoms with Crippen molar-refractivity contribution < 1.29 is 4.42 Å². The van der Waals surface area contributed by atoms with Crippen LogP contribution in [0.25, 0.3) is 0 Å². The molecule has 2 heterocycles. The van der Waals surface area contributed by atoms with E-state index in [4.69, 9.17) is 4.42 Å². The van der Waals surface area contributed by atoms with E-state index in [2.05, 4.69) is 40.8 Å². The minimum atomic E-state index is 0.510. The summed E-state index contributed by atoms with van der Waals surface area (Å²) in [5, 5.41) is 13.1. The average molecular weight is 237 g/mol. The molecule has 16 heavy (non-hydrogen) atoms. The van der Waals surface area contributed by atoms with E-state index >= 15 is 0 Å². The van der Waals surface area contributed by atoms with Crippen molar-refractivity contribution in [3.63, 3.8) is 0 Å². The molecule has 0 aliphatic rings. The van der Waals surface area contributed by atoms with Crippen LogP contribution in [0.5, 0.6) is 0 Å². The number of nitrogens with one attached hydrogen (secondary N) is 1. The molecule has 0 aliphatic carbocycles. The zero-order valence-corrected chi connectivity index (χ0v) is 10.3. The van der Waals surface area contributed by atoms with Crippen LogP contribution in [0.4, 0.5) is 6.01 Å². The molecule has 2 rings (SSSR count). The molecular formula is C11H15N3OS. The maximum absolute atomic E-state index is 5.43. The molecule has 0 spiro atoms. The number of thiophene rings is 1. The van der Waals surface area contributed by atoms with Crippen molar-refractivity contribution in [2.75, 3.05) is 5.32 Å². The maximum Gasteiger partial charge on any atom is 0.315 e. The summed E-state index contributed by atoms with van der Waals surface area (Å²) in [5.41, 5.74) is 1.30. The molecule has 86 valence electrons. The van der Waals surface area contributed by atoms with Gasteiger partial charge < -0.3 is 9.73 Å². The largest absolute Gasteiger partial charge is 0.408 e. The number of nitrogens with zero attached hydrogens (tertiary/aromatic N) is 2. The molecule has 4 nitrogen and oxygen atoms in total. The molecule has 0 bridgehead atoms. The molecule has 1 N–H and O–H groups in total. The van der Waals surface area contributed by atoms with Crippen LogP contribution in [0, 0.1) is 6.92 Å². The van der Waals surface area contributed by atoms with Gasteiger partial charge >= 0.3 is 6.01 Å². The highest BCUT2D eigenvalue weighted by molar-refractivity contribution is 7.10. The highest BCUT2D eigenvalue weighted by atomic mass is 32.1. The Kier molecular flexibility index (Phi) is 3.56. The van der Waals surface area contributed by atoms with Crippen molar-refractivity contribution in [2.45, 2.75) is 33.2 Å². The van der Waals surface area contributed by atoms with Crippen molar-refractivity contribution in [2.24, 2.45) is 0 Å². The normalized spacial score (nSPS) is 10.6. The summed E-state index contributed by atoms with van der Waals surface area (Å²) < 4.78 is 5.43. The fourth-order valence-electron chi connectivity index (χ4n) is 1.38. The molecule has 0 fully saturated rings. The summed E-state index contributed by atoms with van der Waals surface area (Å²) in [5.74, 6) is 0.702. The molecular weight excluding hydrogens is 222 g/mol. The number of aromatic nitrogens is 2. The first-order valence-electron chi connectivity index (χ1n) is 5.39. The van der Waals surface area contributed by atoms with Gasteiger partial charge in [0.05, 0.1) is 6.54 Å². The quantitative estimate of drug-likeness (QED) is 0.868. The second kappa shape index (κ2) is 5.12. The zero-order chi connectivity index (χ0) is 11.4. The number of aryl methyl sites for hydroxylation is 2. The lowest BCUT2D eigenvalue weighted by Crippen LogP contribution is -1.98. The average Bonchev–Trinajstić information content (AvgIpc) is 2.86. The van der Waals surface area contributed by atoms with Crippen LogP contribution in [0.3, 0.4) is 0 Å². The summed E-state index contributed by atoms with van der Waals surface area (Å²) in [4.78, 5) is 1.30. The summed E-state index contributed by atoms with van der Waals surface area (Å²) in [6.45, 7) is 4.94.